The number of unbranched alkanes of at least 4 members (excludes halogenated alkanes) is 42. The molecule has 17 nitrogen and oxygen atoms in total. The largest absolute Gasteiger partial charge is 0.472 e. The van der Waals surface area contributed by atoms with Crippen molar-refractivity contribution in [3.05, 3.63) is 0 Å². The van der Waals surface area contributed by atoms with Gasteiger partial charge in [0.1, 0.15) is 19.3 Å². The highest BCUT2D eigenvalue weighted by Gasteiger charge is 2.30. The van der Waals surface area contributed by atoms with Crippen LogP contribution in [0.1, 0.15) is 402 Å². The normalized spacial score (nSPS) is 14.6. The molecule has 0 saturated heterocycles. The third-order valence-electron chi connectivity index (χ3n) is 18.9. The molecule has 0 spiro atoms. The zero-order valence-corrected chi connectivity index (χ0v) is 65.3. The number of aliphatic hydroxyl groups is 1. The number of rotatable bonds is 76. The van der Waals surface area contributed by atoms with Gasteiger partial charge >= 0.3 is 39.5 Å². The molecule has 0 aromatic rings. The van der Waals surface area contributed by atoms with Crippen molar-refractivity contribution in [2.75, 3.05) is 39.6 Å². The molecule has 0 rings (SSSR count). The van der Waals surface area contributed by atoms with Crippen LogP contribution in [0.3, 0.4) is 0 Å². The molecule has 0 aromatic carbocycles. The van der Waals surface area contributed by atoms with E-state index >= 15 is 0 Å². The number of esters is 4. The summed E-state index contributed by atoms with van der Waals surface area (Å²) in [6, 6.07) is 0. The standard InChI is InChI=1S/C78H152O17P2/c1-8-11-12-13-35-45-52-59-75(80)88-65-74(95-78(83)62-55-48-41-40-44-51-58-71(7)10-3)68-93-97(86,87)91-64-72(79)63-90-96(84,85)92-67-73(66-89-76(81)60-53-46-38-33-29-25-22-18-19-23-27-31-36-42-49-56-69(4)5)94-77(82)61-54-47-39-34-30-26-21-17-15-14-16-20-24-28-32-37-43-50-57-70(6)9-2/h69-74,79H,8-68H2,1-7H3,(H,84,85)(H,86,87)/t70?,71?,72-,73-,74-/m1/s1. The molecule has 3 N–H and O–H groups in total. The first kappa shape index (κ1) is 95.1. The van der Waals surface area contributed by atoms with Crippen LogP contribution in [0.4, 0.5) is 0 Å². The molecule has 0 radical (unpaired) electrons. The fraction of sp³-hybridized carbons (Fsp3) is 0.949. The molecule has 0 fully saturated rings. The summed E-state index contributed by atoms with van der Waals surface area (Å²) >= 11 is 0. The quantitative estimate of drug-likeness (QED) is 0.0222. The maximum atomic E-state index is 13.1. The smallest absolute Gasteiger partial charge is 0.462 e. The number of hydrogen-bond acceptors (Lipinski definition) is 15. The minimum Gasteiger partial charge on any atom is -0.462 e. The molecule has 0 aliphatic rings. The highest BCUT2D eigenvalue weighted by Crippen LogP contribution is 2.45. The van der Waals surface area contributed by atoms with Crippen LogP contribution >= 0.6 is 15.6 Å². The monoisotopic (exact) mass is 1420 g/mol. The van der Waals surface area contributed by atoms with E-state index in [9.17, 15) is 43.2 Å². The molecule has 0 aliphatic heterocycles. The summed E-state index contributed by atoms with van der Waals surface area (Å²) in [5.41, 5.74) is 0. The van der Waals surface area contributed by atoms with Crippen LogP contribution < -0.4 is 0 Å². The van der Waals surface area contributed by atoms with E-state index in [2.05, 4.69) is 48.5 Å². The molecule has 576 valence electrons. The first-order valence-electron chi connectivity index (χ1n) is 40.4. The average molecular weight is 1420 g/mol. The molecule has 19 heteroatoms. The Morgan fingerprint density at radius 1 is 0.299 bits per heavy atom. The van der Waals surface area contributed by atoms with Crippen molar-refractivity contribution in [2.45, 2.75) is 420 Å². The minimum absolute atomic E-state index is 0.103. The highest BCUT2D eigenvalue weighted by atomic mass is 31.2. The van der Waals surface area contributed by atoms with Crippen molar-refractivity contribution in [3.63, 3.8) is 0 Å². The lowest BCUT2D eigenvalue weighted by Crippen LogP contribution is -2.30. The second-order valence-electron chi connectivity index (χ2n) is 29.1. The topological polar surface area (TPSA) is 237 Å². The third kappa shape index (κ3) is 69.5. The molecule has 0 bridgehead atoms. The number of phosphoric acid groups is 2. The zero-order chi connectivity index (χ0) is 71.6. The van der Waals surface area contributed by atoms with E-state index in [4.69, 9.17) is 37.0 Å². The van der Waals surface area contributed by atoms with Gasteiger partial charge in [-0.1, -0.05) is 350 Å². The van der Waals surface area contributed by atoms with Crippen LogP contribution in [0, 0.1) is 17.8 Å². The van der Waals surface area contributed by atoms with Gasteiger partial charge in [-0.2, -0.15) is 0 Å². The molecule has 0 saturated carbocycles. The van der Waals surface area contributed by atoms with Gasteiger partial charge in [0, 0.05) is 25.7 Å². The van der Waals surface area contributed by atoms with Crippen LogP contribution in [-0.4, -0.2) is 96.7 Å². The molecule has 4 unspecified atom stereocenters. The Morgan fingerprint density at radius 2 is 0.526 bits per heavy atom. The predicted octanol–water partition coefficient (Wildman–Crippen LogP) is 23.0. The van der Waals surface area contributed by atoms with Crippen LogP contribution in [0.15, 0.2) is 0 Å². The SMILES string of the molecule is CCCCCCCCCC(=O)OC[C@H](COP(=O)(O)OC[C@H](O)COP(=O)(O)OC[C@@H](COC(=O)CCCCCCCCCCCCCCCCCC(C)C)OC(=O)CCCCCCCCCCCCCCCCCCCCC(C)CC)OC(=O)CCCCCCCCC(C)CC. The average Bonchev–Trinajstić information content (AvgIpc) is 1.14. The van der Waals surface area contributed by atoms with Gasteiger partial charge in [-0.3, -0.25) is 37.3 Å². The van der Waals surface area contributed by atoms with Crippen molar-refractivity contribution in [1.29, 1.82) is 0 Å². The Labute approximate surface area is 594 Å². The number of phosphoric ester groups is 2. The van der Waals surface area contributed by atoms with Gasteiger partial charge in [0.2, 0.25) is 0 Å². The fourth-order valence-corrected chi connectivity index (χ4v) is 13.5. The lowest BCUT2D eigenvalue weighted by molar-refractivity contribution is -0.161. The van der Waals surface area contributed by atoms with Crippen molar-refractivity contribution in [3.8, 4) is 0 Å². The summed E-state index contributed by atoms with van der Waals surface area (Å²) in [5.74, 6) is 0.274. The van der Waals surface area contributed by atoms with E-state index < -0.39 is 97.5 Å². The van der Waals surface area contributed by atoms with Gasteiger partial charge in [0.15, 0.2) is 12.2 Å². The van der Waals surface area contributed by atoms with Crippen molar-refractivity contribution < 1.29 is 80.2 Å². The summed E-state index contributed by atoms with van der Waals surface area (Å²) in [7, 11) is -9.91. The highest BCUT2D eigenvalue weighted by molar-refractivity contribution is 7.47. The maximum Gasteiger partial charge on any atom is 0.472 e. The Bertz CT molecular complexity index is 1890. The van der Waals surface area contributed by atoms with Crippen LogP contribution in [0.2, 0.25) is 0 Å². The molecule has 7 atom stereocenters. The first-order valence-corrected chi connectivity index (χ1v) is 43.4. The molecule has 0 amide bonds. The summed E-state index contributed by atoms with van der Waals surface area (Å²) < 4.78 is 68.4. The van der Waals surface area contributed by atoms with E-state index in [-0.39, 0.29) is 25.7 Å². The Hall–Kier alpha value is -1.94. The summed E-state index contributed by atoms with van der Waals surface area (Å²) in [6.07, 6.45) is 55.8. The summed E-state index contributed by atoms with van der Waals surface area (Å²) in [4.78, 5) is 72.7. The zero-order valence-electron chi connectivity index (χ0n) is 63.5. The van der Waals surface area contributed by atoms with E-state index in [1.807, 2.05) is 0 Å². The minimum atomic E-state index is -4.96. The van der Waals surface area contributed by atoms with Crippen molar-refractivity contribution in [1.82, 2.24) is 0 Å². The van der Waals surface area contributed by atoms with E-state index in [1.165, 1.54) is 199 Å². The van der Waals surface area contributed by atoms with Gasteiger partial charge in [-0.25, -0.2) is 9.13 Å². The molecular formula is C78H152O17P2. The number of carbonyl (C=O) groups is 4. The number of ether oxygens (including phenoxy) is 4. The van der Waals surface area contributed by atoms with Gasteiger partial charge in [-0.05, 0) is 43.4 Å². The predicted molar refractivity (Wildman–Crippen MR) is 395 cm³/mol. The van der Waals surface area contributed by atoms with Gasteiger partial charge in [0.05, 0.1) is 26.4 Å². The van der Waals surface area contributed by atoms with Gasteiger partial charge in [0.25, 0.3) is 0 Å². The van der Waals surface area contributed by atoms with Crippen LogP contribution in [0.25, 0.3) is 0 Å². The Kier molecular flexibility index (Phi) is 67.1. The lowest BCUT2D eigenvalue weighted by Gasteiger charge is -2.21. The Morgan fingerprint density at radius 3 is 0.784 bits per heavy atom. The summed E-state index contributed by atoms with van der Waals surface area (Å²) in [5, 5.41) is 10.6. The van der Waals surface area contributed by atoms with E-state index in [1.54, 1.807) is 0 Å². The first-order chi connectivity index (χ1) is 46.8. The summed E-state index contributed by atoms with van der Waals surface area (Å²) in [6.45, 7) is 11.9. The third-order valence-corrected chi connectivity index (χ3v) is 20.8. The van der Waals surface area contributed by atoms with Gasteiger partial charge < -0.3 is 33.8 Å². The van der Waals surface area contributed by atoms with E-state index in [0.717, 1.165) is 120 Å². The molecular weight excluding hydrogens is 1270 g/mol. The van der Waals surface area contributed by atoms with Crippen LogP contribution in [-0.2, 0) is 65.4 Å². The molecule has 0 heterocycles. The van der Waals surface area contributed by atoms with Crippen molar-refractivity contribution >= 4 is 39.5 Å². The number of carbonyl (C=O) groups excluding carboxylic acids is 4. The molecule has 0 aromatic heterocycles. The second-order valence-corrected chi connectivity index (χ2v) is 32.0. The lowest BCUT2D eigenvalue weighted by atomic mass is 9.99. The second kappa shape index (κ2) is 68.5. The number of hydrogen-bond donors (Lipinski definition) is 3. The molecule has 0 aliphatic carbocycles. The van der Waals surface area contributed by atoms with Gasteiger partial charge in [-0.15, -0.1) is 0 Å². The van der Waals surface area contributed by atoms with E-state index in [0.29, 0.717) is 25.7 Å². The Balaban J connectivity index is 5.15. The van der Waals surface area contributed by atoms with Crippen LogP contribution in [0.5, 0.6) is 0 Å². The fourth-order valence-electron chi connectivity index (χ4n) is 11.9. The molecule has 97 heavy (non-hydrogen) atoms. The maximum absolute atomic E-state index is 13.1. The van der Waals surface area contributed by atoms with Crippen molar-refractivity contribution in [2.24, 2.45) is 17.8 Å². The number of aliphatic hydroxyl groups excluding tert-OH is 1.